The van der Waals surface area contributed by atoms with Gasteiger partial charge in [-0.05, 0) is 12.8 Å². The molecule has 2 heterocycles. The molecule has 2 rings (SSSR count). The van der Waals surface area contributed by atoms with Gasteiger partial charge in [0.05, 0.1) is 19.8 Å². The average molecular weight is 212 g/mol. The normalized spacial score (nSPS) is 33.0. The number of allylic oxidation sites excluding steroid dienone is 1. The van der Waals surface area contributed by atoms with Gasteiger partial charge in [-0.3, -0.25) is 0 Å². The molecule has 2 fully saturated rings. The van der Waals surface area contributed by atoms with Gasteiger partial charge >= 0.3 is 5.97 Å². The van der Waals surface area contributed by atoms with Crippen LogP contribution >= 0.6 is 0 Å². The van der Waals surface area contributed by atoms with Crippen LogP contribution in [-0.2, 0) is 19.0 Å². The van der Waals surface area contributed by atoms with Gasteiger partial charge in [-0.2, -0.15) is 0 Å². The van der Waals surface area contributed by atoms with Crippen molar-refractivity contribution < 1.29 is 19.0 Å². The van der Waals surface area contributed by atoms with Crippen LogP contribution in [0.15, 0.2) is 11.8 Å². The van der Waals surface area contributed by atoms with Crippen molar-refractivity contribution in [3.05, 3.63) is 11.8 Å². The van der Waals surface area contributed by atoms with Crippen LogP contribution in [0.5, 0.6) is 0 Å². The van der Waals surface area contributed by atoms with Crippen LogP contribution in [0, 0.1) is 0 Å². The second kappa shape index (κ2) is 4.23. The Bertz CT molecular complexity index is 276. The quantitative estimate of drug-likeness (QED) is 0.490. The van der Waals surface area contributed by atoms with E-state index in [1.165, 1.54) is 13.2 Å². The molecule has 4 nitrogen and oxygen atoms in total. The molecule has 2 aliphatic heterocycles. The number of ether oxygens (including phenoxy) is 3. The molecular formula is C11H16O4. The second-order valence-corrected chi connectivity index (χ2v) is 3.95. The van der Waals surface area contributed by atoms with Crippen molar-refractivity contribution >= 4 is 5.97 Å². The molecule has 0 saturated carbocycles. The number of hydrogen-bond donors (Lipinski definition) is 0. The summed E-state index contributed by atoms with van der Waals surface area (Å²) in [6, 6.07) is 0. The summed E-state index contributed by atoms with van der Waals surface area (Å²) in [4.78, 5) is 11.0. The Morgan fingerprint density at radius 3 is 3.00 bits per heavy atom. The van der Waals surface area contributed by atoms with E-state index in [0.717, 1.165) is 38.7 Å². The average Bonchev–Trinajstić information content (AvgIpc) is 2.62. The molecule has 0 aromatic rings. The topological polar surface area (TPSA) is 44.8 Å². The first-order valence-electron chi connectivity index (χ1n) is 5.36. The number of carbonyl (C=O) groups is 1. The van der Waals surface area contributed by atoms with Gasteiger partial charge in [0, 0.05) is 19.3 Å². The fourth-order valence-electron chi connectivity index (χ4n) is 2.05. The maximum absolute atomic E-state index is 11.0. The third-order valence-corrected chi connectivity index (χ3v) is 2.87. The van der Waals surface area contributed by atoms with Gasteiger partial charge in [-0.1, -0.05) is 0 Å². The van der Waals surface area contributed by atoms with Crippen LogP contribution in [-0.4, -0.2) is 25.5 Å². The molecule has 0 amide bonds. The third kappa shape index (κ3) is 2.31. The lowest BCUT2D eigenvalue weighted by molar-refractivity contribution is -0.216. The van der Waals surface area contributed by atoms with Gasteiger partial charge in [-0.15, -0.1) is 0 Å². The molecule has 2 saturated heterocycles. The van der Waals surface area contributed by atoms with Gasteiger partial charge in [0.1, 0.15) is 5.76 Å². The van der Waals surface area contributed by atoms with Crippen LogP contribution in [0.2, 0.25) is 0 Å². The fourth-order valence-corrected chi connectivity index (χ4v) is 2.05. The summed E-state index contributed by atoms with van der Waals surface area (Å²) >= 11 is 0. The van der Waals surface area contributed by atoms with Crippen LogP contribution in [0.4, 0.5) is 0 Å². The minimum absolute atomic E-state index is 0.363. The highest BCUT2D eigenvalue weighted by Crippen LogP contribution is 2.40. The number of esters is 1. The Morgan fingerprint density at radius 2 is 2.33 bits per heavy atom. The lowest BCUT2D eigenvalue weighted by atomic mass is 10.0. The van der Waals surface area contributed by atoms with Gasteiger partial charge in [0.15, 0.2) is 0 Å². The van der Waals surface area contributed by atoms with E-state index in [9.17, 15) is 4.79 Å². The maximum atomic E-state index is 11.0. The predicted octanol–water partition coefficient (Wildman–Crippen LogP) is 1.75. The summed E-state index contributed by atoms with van der Waals surface area (Å²) in [7, 11) is 1.36. The molecule has 15 heavy (non-hydrogen) atoms. The van der Waals surface area contributed by atoms with E-state index in [0.29, 0.717) is 5.76 Å². The highest BCUT2D eigenvalue weighted by molar-refractivity contribution is 5.82. The first kappa shape index (κ1) is 10.5. The monoisotopic (exact) mass is 212 g/mol. The van der Waals surface area contributed by atoms with E-state index in [1.54, 1.807) is 0 Å². The third-order valence-electron chi connectivity index (χ3n) is 2.87. The first-order valence-corrected chi connectivity index (χ1v) is 5.36. The molecule has 0 aromatic carbocycles. The molecule has 0 N–H and O–H groups in total. The minimum atomic E-state index is -0.446. The highest BCUT2D eigenvalue weighted by Gasteiger charge is 2.40. The van der Waals surface area contributed by atoms with Crippen molar-refractivity contribution in [1.82, 2.24) is 0 Å². The van der Waals surface area contributed by atoms with Crippen LogP contribution in [0.3, 0.4) is 0 Å². The summed E-state index contributed by atoms with van der Waals surface area (Å²) < 4.78 is 15.9. The molecule has 1 spiro atoms. The summed E-state index contributed by atoms with van der Waals surface area (Å²) in [6.45, 7) is 0.755. The molecule has 4 heteroatoms. The molecule has 0 radical (unpaired) electrons. The number of hydrogen-bond acceptors (Lipinski definition) is 4. The van der Waals surface area contributed by atoms with Gasteiger partial charge < -0.3 is 14.2 Å². The zero-order valence-corrected chi connectivity index (χ0v) is 8.95. The van der Waals surface area contributed by atoms with Crippen LogP contribution in [0.25, 0.3) is 0 Å². The maximum Gasteiger partial charge on any atom is 0.333 e. The summed E-state index contributed by atoms with van der Waals surface area (Å²) in [5.74, 6) is -0.125. The molecule has 0 unspecified atom stereocenters. The molecule has 84 valence electrons. The standard InChI is InChI=1S/C11H16O4/c1-13-10(12)8-9-4-6-11(15-9)5-2-3-7-14-11/h8H,2-7H2,1H3/b9-8-/t11-/m0/s1. The minimum Gasteiger partial charge on any atom is -0.466 e. The second-order valence-electron chi connectivity index (χ2n) is 3.95. The van der Waals surface area contributed by atoms with Crippen LogP contribution < -0.4 is 0 Å². The summed E-state index contributed by atoms with van der Waals surface area (Å²) in [6.07, 6.45) is 6.16. The Kier molecular flexibility index (Phi) is 2.95. The van der Waals surface area contributed by atoms with Crippen molar-refractivity contribution in [2.75, 3.05) is 13.7 Å². The van der Waals surface area contributed by atoms with E-state index >= 15 is 0 Å². The summed E-state index contributed by atoms with van der Waals surface area (Å²) in [5, 5.41) is 0. The highest BCUT2D eigenvalue weighted by atomic mass is 16.7. The fraction of sp³-hybridized carbons (Fsp3) is 0.727. The Labute approximate surface area is 89.2 Å². The van der Waals surface area contributed by atoms with E-state index < -0.39 is 5.79 Å². The molecule has 2 aliphatic rings. The van der Waals surface area contributed by atoms with Crippen molar-refractivity contribution in [3.63, 3.8) is 0 Å². The van der Waals surface area contributed by atoms with Crippen molar-refractivity contribution in [1.29, 1.82) is 0 Å². The first-order chi connectivity index (χ1) is 7.24. The SMILES string of the molecule is COC(=O)/C=C1/CC[C@]2(CCCCO2)O1. The van der Waals surface area contributed by atoms with E-state index in [1.807, 2.05) is 0 Å². The Hall–Kier alpha value is -1.03. The Morgan fingerprint density at radius 1 is 1.47 bits per heavy atom. The van der Waals surface area contributed by atoms with E-state index in [2.05, 4.69) is 4.74 Å². The molecule has 0 aliphatic carbocycles. The van der Waals surface area contributed by atoms with E-state index in [-0.39, 0.29) is 5.97 Å². The van der Waals surface area contributed by atoms with Crippen molar-refractivity contribution in [3.8, 4) is 0 Å². The summed E-state index contributed by atoms with van der Waals surface area (Å²) in [5.41, 5.74) is 0. The number of methoxy groups -OCH3 is 1. The van der Waals surface area contributed by atoms with Crippen LogP contribution in [0.1, 0.15) is 32.1 Å². The Balaban J connectivity index is 1.99. The number of carbonyl (C=O) groups excluding carboxylic acids is 1. The zero-order valence-electron chi connectivity index (χ0n) is 8.95. The zero-order chi connectivity index (χ0) is 10.7. The van der Waals surface area contributed by atoms with Crippen molar-refractivity contribution in [2.45, 2.75) is 37.9 Å². The lowest BCUT2D eigenvalue weighted by Gasteiger charge is -2.32. The smallest absolute Gasteiger partial charge is 0.333 e. The molecule has 0 aromatic heterocycles. The van der Waals surface area contributed by atoms with E-state index in [4.69, 9.17) is 9.47 Å². The van der Waals surface area contributed by atoms with Gasteiger partial charge in [0.2, 0.25) is 5.79 Å². The van der Waals surface area contributed by atoms with Crippen molar-refractivity contribution in [2.24, 2.45) is 0 Å². The van der Waals surface area contributed by atoms with Gasteiger partial charge in [0.25, 0.3) is 0 Å². The lowest BCUT2D eigenvalue weighted by Crippen LogP contribution is -2.34. The predicted molar refractivity (Wildman–Crippen MR) is 53.0 cm³/mol. The van der Waals surface area contributed by atoms with Gasteiger partial charge in [-0.25, -0.2) is 4.79 Å². The molecular weight excluding hydrogens is 196 g/mol. The number of rotatable bonds is 1. The molecule has 1 atom stereocenters. The largest absolute Gasteiger partial charge is 0.466 e. The molecule has 0 bridgehead atoms.